The molecule has 2 aromatic heterocycles. The zero-order chi connectivity index (χ0) is 11.4. The standard InChI is InChI=1S/C10H6Br2N2S2/c1-3-4(2)6-8(16-10(12)14-6)7-5(3)13-9(11)15-7/h1-2H3. The molecule has 3 aromatic rings. The Morgan fingerprint density at radius 1 is 0.812 bits per heavy atom. The Balaban J connectivity index is 2.66. The summed E-state index contributed by atoms with van der Waals surface area (Å²) in [5, 5.41) is 0. The van der Waals surface area contributed by atoms with Crippen molar-refractivity contribution in [3.05, 3.63) is 19.0 Å². The van der Waals surface area contributed by atoms with Crippen molar-refractivity contribution in [1.29, 1.82) is 0 Å². The highest BCUT2D eigenvalue weighted by molar-refractivity contribution is 9.11. The fraction of sp³-hybridized carbons (Fsp3) is 0.200. The van der Waals surface area contributed by atoms with Gasteiger partial charge in [0.05, 0.1) is 20.4 Å². The number of nitrogens with zero attached hydrogens (tertiary/aromatic N) is 2. The minimum Gasteiger partial charge on any atom is -0.229 e. The third-order valence-corrected chi connectivity index (χ3v) is 5.86. The topological polar surface area (TPSA) is 25.8 Å². The SMILES string of the molecule is Cc1c(C)c2nc(Br)sc2c2sc(Br)nc12. The van der Waals surface area contributed by atoms with Crippen LogP contribution in [0.5, 0.6) is 0 Å². The molecule has 0 saturated carbocycles. The summed E-state index contributed by atoms with van der Waals surface area (Å²) in [4.78, 5) is 9.06. The largest absolute Gasteiger partial charge is 0.229 e. The molecule has 1 aromatic carbocycles. The van der Waals surface area contributed by atoms with Crippen LogP contribution in [0.15, 0.2) is 7.83 Å². The lowest BCUT2D eigenvalue weighted by Crippen LogP contribution is -1.85. The number of hydrogen-bond acceptors (Lipinski definition) is 4. The molecule has 0 unspecified atom stereocenters. The molecule has 0 atom stereocenters. The van der Waals surface area contributed by atoms with E-state index in [4.69, 9.17) is 0 Å². The van der Waals surface area contributed by atoms with Crippen LogP contribution in [0.3, 0.4) is 0 Å². The number of thiazole rings is 2. The average Bonchev–Trinajstić information content (AvgIpc) is 2.78. The maximum atomic E-state index is 4.53. The first-order valence-corrected chi connectivity index (χ1v) is 7.81. The monoisotopic (exact) mass is 376 g/mol. The van der Waals surface area contributed by atoms with Crippen LogP contribution < -0.4 is 0 Å². The van der Waals surface area contributed by atoms with E-state index in [1.165, 1.54) is 20.5 Å². The summed E-state index contributed by atoms with van der Waals surface area (Å²) < 4.78 is 4.32. The van der Waals surface area contributed by atoms with Crippen LogP contribution in [0.2, 0.25) is 0 Å². The molecule has 2 heterocycles. The van der Waals surface area contributed by atoms with Crippen LogP contribution in [0.25, 0.3) is 20.4 Å². The molecule has 82 valence electrons. The average molecular weight is 378 g/mol. The molecule has 0 spiro atoms. The molecule has 0 radical (unpaired) electrons. The number of aromatic nitrogens is 2. The number of halogens is 2. The molecule has 0 amide bonds. The van der Waals surface area contributed by atoms with E-state index in [1.54, 1.807) is 22.7 Å². The van der Waals surface area contributed by atoms with Crippen molar-refractivity contribution in [2.24, 2.45) is 0 Å². The van der Waals surface area contributed by atoms with Gasteiger partial charge in [-0.3, -0.25) is 0 Å². The van der Waals surface area contributed by atoms with Gasteiger partial charge in [-0.15, -0.1) is 22.7 Å². The van der Waals surface area contributed by atoms with Crippen molar-refractivity contribution < 1.29 is 0 Å². The Bertz CT molecular complexity index is 653. The Hall–Kier alpha value is -0.0400. The second-order valence-electron chi connectivity index (χ2n) is 3.54. The van der Waals surface area contributed by atoms with E-state index in [9.17, 15) is 0 Å². The molecule has 0 N–H and O–H groups in total. The quantitative estimate of drug-likeness (QED) is 0.547. The minimum absolute atomic E-state index is 0.932. The van der Waals surface area contributed by atoms with Gasteiger partial charge in [0, 0.05) is 0 Å². The zero-order valence-corrected chi connectivity index (χ0v) is 13.3. The van der Waals surface area contributed by atoms with E-state index in [1.807, 2.05) is 0 Å². The fourth-order valence-electron chi connectivity index (χ4n) is 1.76. The van der Waals surface area contributed by atoms with Crippen LogP contribution in [0.1, 0.15) is 11.1 Å². The van der Waals surface area contributed by atoms with E-state index in [-0.39, 0.29) is 0 Å². The van der Waals surface area contributed by atoms with Gasteiger partial charge in [-0.05, 0) is 56.8 Å². The summed E-state index contributed by atoms with van der Waals surface area (Å²) in [5.41, 5.74) is 4.64. The maximum absolute atomic E-state index is 4.53. The molecule has 2 nitrogen and oxygen atoms in total. The summed E-state index contributed by atoms with van der Waals surface area (Å²) in [6.45, 7) is 4.22. The first-order chi connectivity index (χ1) is 7.58. The van der Waals surface area contributed by atoms with Gasteiger partial charge in [0.15, 0.2) is 7.83 Å². The molecule has 0 aliphatic rings. The summed E-state index contributed by atoms with van der Waals surface area (Å²) in [6.07, 6.45) is 0. The number of hydrogen-bond donors (Lipinski definition) is 0. The summed E-state index contributed by atoms with van der Waals surface area (Å²) in [6, 6.07) is 0. The lowest BCUT2D eigenvalue weighted by Gasteiger charge is -2.01. The van der Waals surface area contributed by atoms with Crippen LogP contribution in [-0.4, -0.2) is 9.97 Å². The van der Waals surface area contributed by atoms with Crippen molar-refractivity contribution in [1.82, 2.24) is 9.97 Å². The smallest absolute Gasteiger partial charge is 0.160 e. The minimum atomic E-state index is 0.932. The molecule has 16 heavy (non-hydrogen) atoms. The molecule has 0 saturated heterocycles. The number of fused-ring (bicyclic) bond motifs is 3. The first kappa shape index (κ1) is 11.1. The maximum Gasteiger partial charge on any atom is 0.160 e. The summed E-state index contributed by atoms with van der Waals surface area (Å²) >= 11 is 10.3. The predicted octanol–water partition coefficient (Wildman–Crippen LogP) is 5.05. The van der Waals surface area contributed by atoms with E-state index < -0.39 is 0 Å². The highest BCUT2D eigenvalue weighted by Gasteiger charge is 2.16. The zero-order valence-electron chi connectivity index (χ0n) is 8.47. The Labute approximate surface area is 117 Å². The molecule has 0 bridgehead atoms. The van der Waals surface area contributed by atoms with Crippen LogP contribution >= 0.6 is 54.5 Å². The number of rotatable bonds is 0. The third kappa shape index (κ3) is 1.47. The molecule has 0 aliphatic heterocycles. The van der Waals surface area contributed by atoms with Gasteiger partial charge in [-0.1, -0.05) is 0 Å². The number of benzene rings is 1. The fourth-order valence-corrected chi connectivity index (χ4v) is 4.92. The molecular formula is C10H6Br2N2S2. The molecule has 6 heteroatoms. The summed E-state index contributed by atoms with van der Waals surface area (Å²) in [7, 11) is 0. The second-order valence-corrected chi connectivity index (χ2v) is 8.09. The molecule has 0 fully saturated rings. The van der Waals surface area contributed by atoms with Crippen molar-refractivity contribution in [3.63, 3.8) is 0 Å². The second kappa shape index (κ2) is 3.73. The molecule has 3 rings (SSSR count). The van der Waals surface area contributed by atoms with Gasteiger partial charge in [0.1, 0.15) is 0 Å². The van der Waals surface area contributed by atoms with Crippen molar-refractivity contribution in [2.75, 3.05) is 0 Å². The van der Waals surface area contributed by atoms with Crippen LogP contribution in [0.4, 0.5) is 0 Å². The van der Waals surface area contributed by atoms with Gasteiger partial charge in [-0.25, -0.2) is 9.97 Å². The molecule has 0 aliphatic carbocycles. The van der Waals surface area contributed by atoms with E-state index in [2.05, 4.69) is 55.7 Å². The van der Waals surface area contributed by atoms with Crippen LogP contribution in [-0.2, 0) is 0 Å². The van der Waals surface area contributed by atoms with Gasteiger partial charge in [-0.2, -0.15) is 0 Å². The van der Waals surface area contributed by atoms with Gasteiger partial charge < -0.3 is 0 Å². The third-order valence-electron chi connectivity index (χ3n) is 2.68. The van der Waals surface area contributed by atoms with Crippen LogP contribution in [0, 0.1) is 13.8 Å². The Kier molecular flexibility index (Phi) is 2.58. The predicted molar refractivity (Wildman–Crippen MR) is 77.7 cm³/mol. The summed E-state index contributed by atoms with van der Waals surface area (Å²) in [5.74, 6) is 0. The van der Waals surface area contributed by atoms with Gasteiger partial charge in [0.2, 0.25) is 0 Å². The normalized spacial score (nSPS) is 11.8. The lowest BCUT2D eigenvalue weighted by molar-refractivity contribution is 1.32. The van der Waals surface area contributed by atoms with Gasteiger partial charge >= 0.3 is 0 Å². The van der Waals surface area contributed by atoms with Gasteiger partial charge in [0.25, 0.3) is 0 Å². The first-order valence-electron chi connectivity index (χ1n) is 4.59. The highest BCUT2D eigenvalue weighted by atomic mass is 79.9. The van der Waals surface area contributed by atoms with Crippen molar-refractivity contribution >= 4 is 75.0 Å². The number of aryl methyl sites for hydroxylation is 2. The highest BCUT2D eigenvalue weighted by Crippen LogP contribution is 2.40. The Morgan fingerprint density at radius 3 is 1.56 bits per heavy atom. The van der Waals surface area contributed by atoms with E-state index >= 15 is 0 Å². The van der Waals surface area contributed by atoms with Crippen molar-refractivity contribution in [3.8, 4) is 0 Å². The Morgan fingerprint density at radius 2 is 1.19 bits per heavy atom. The van der Waals surface area contributed by atoms with Crippen molar-refractivity contribution in [2.45, 2.75) is 13.8 Å². The molecular weight excluding hydrogens is 372 g/mol. The lowest BCUT2D eigenvalue weighted by atomic mass is 10.1. The van der Waals surface area contributed by atoms with E-state index in [0.717, 1.165) is 18.9 Å². The van der Waals surface area contributed by atoms with E-state index in [0.29, 0.717) is 0 Å².